The van der Waals surface area contributed by atoms with Gasteiger partial charge in [0.05, 0.1) is 12.3 Å². The van der Waals surface area contributed by atoms with E-state index < -0.39 is 0 Å². The Bertz CT molecular complexity index is 636. The molecule has 21 heavy (non-hydrogen) atoms. The Morgan fingerprint density at radius 2 is 2.38 bits per heavy atom. The zero-order valence-corrected chi connectivity index (χ0v) is 13.5. The van der Waals surface area contributed by atoms with Crippen molar-refractivity contribution < 1.29 is 4.79 Å². The fourth-order valence-electron chi connectivity index (χ4n) is 2.25. The number of aromatic nitrogens is 4. The third-order valence-electron chi connectivity index (χ3n) is 3.30. The van der Waals surface area contributed by atoms with Crippen LogP contribution in [0.25, 0.3) is 0 Å². The predicted octanol–water partition coefficient (Wildman–Crippen LogP) is 1.79. The summed E-state index contributed by atoms with van der Waals surface area (Å²) in [5.74, 6) is 2.28. The second kappa shape index (κ2) is 6.57. The van der Waals surface area contributed by atoms with Crippen molar-refractivity contribution in [1.82, 2.24) is 25.1 Å². The van der Waals surface area contributed by atoms with Gasteiger partial charge < -0.3 is 9.88 Å². The van der Waals surface area contributed by atoms with Crippen LogP contribution in [0, 0.1) is 6.92 Å². The maximum atomic E-state index is 11.9. The number of fused-ring (bicyclic) bond motifs is 1. The van der Waals surface area contributed by atoms with Gasteiger partial charge in [0, 0.05) is 24.0 Å². The molecule has 112 valence electrons. The topological polar surface area (TPSA) is 72.7 Å². The normalized spacial score (nSPS) is 14.0. The lowest BCUT2D eigenvalue weighted by Crippen LogP contribution is -2.27. The summed E-state index contributed by atoms with van der Waals surface area (Å²) < 4.78 is 3.06. The first-order valence-electron chi connectivity index (χ1n) is 6.95. The minimum absolute atomic E-state index is 0.000938. The quantitative estimate of drug-likeness (QED) is 0.849. The van der Waals surface area contributed by atoms with Crippen LogP contribution in [-0.2, 0) is 24.3 Å². The van der Waals surface area contributed by atoms with Gasteiger partial charge in [-0.3, -0.25) is 4.79 Å². The van der Waals surface area contributed by atoms with E-state index in [2.05, 4.69) is 25.1 Å². The van der Waals surface area contributed by atoms with E-state index in [1.54, 1.807) is 11.3 Å². The van der Waals surface area contributed by atoms with Crippen LogP contribution >= 0.6 is 23.1 Å². The van der Waals surface area contributed by atoms with Crippen LogP contribution in [0.1, 0.15) is 30.2 Å². The van der Waals surface area contributed by atoms with Gasteiger partial charge in [0.2, 0.25) is 5.91 Å². The molecule has 0 fully saturated rings. The van der Waals surface area contributed by atoms with Gasteiger partial charge >= 0.3 is 0 Å². The molecule has 3 heterocycles. The summed E-state index contributed by atoms with van der Waals surface area (Å²) in [4.78, 5) is 16.2. The molecule has 0 aromatic carbocycles. The monoisotopic (exact) mass is 323 g/mol. The molecule has 0 saturated heterocycles. The highest BCUT2D eigenvalue weighted by molar-refractivity contribution is 8.01. The summed E-state index contributed by atoms with van der Waals surface area (Å²) in [5, 5.41) is 13.2. The number of thiazole rings is 1. The molecule has 0 spiro atoms. The van der Waals surface area contributed by atoms with Crippen molar-refractivity contribution in [1.29, 1.82) is 0 Å². The zero-order chi connectivity index (χ0) is 14.7. The number of carbonyl (C=O) groups excluding carboxylic acids is 1. The van der Waals surface area contributed by atoms with Gasteiger partial charge in [0.15, 0.2) is 10.2 Å². The Labute approximate surface area is 131 Å². The van der Waals surface area contributed by atoms with E-state index in [0.717, 1.165) is 41.1 Å². The molecule has 8 heteroatoms. The first-order chi connectivity index (χ1) is 10.2. The van der Waals surface area contributed by atoms with Gasteiger partial charge in [-0.15, -0.1) is 21.5 Å². The molecule has 2 aromatic heterocycles. The average molecular weight is 323 g/mol. The lowest BCUT2D eigenvalue weighted by molar-refractivity contribution is -0.118. The van der Waals surface area contributed by atoms with Crippen LogP contribution < -0.4 is 5.32 Å². The number of rotatable bonds is 5. The van der Waals surface area contributed by atoms with Gasteiger partial charge in [0.1, 0.15) is 5.82 Å². The first kappa shape index (κ1) is 14.5. The number of thioether (sulfide) groups is 1. The molecule has 3 rings (SSSR count). The highest BCUT2D eigenvalue weighted by Crippen LogP contribution is 2.21. The van der Waals surface area contributed by atoms with E-state index >= 15 is 0 Å². The molecule has 0 radical (unpaired) electrons. The van der Waals surface area contributed by atoms with E-state index in [0.29, 0.717) is 12.3 Å². The number of aryl methyl sites for hydroxylation is 2. The highest BCUT2D eigenvalue weighted by atomic mass is 32.2. The summed E-state index contributed by atoms with van der Waals surface area (Å²) in [6.07, 6.45) is 3.32. The van der Waals surface area contributed by atoms with Crippen LogP contribution in [0.5, 0.6) is 0 Å². The number of hydrogen-bond donors (Lipinski definition) is 1. The van der Waals surface area contributed by atoms with Crippen LogP contribution in [0.2, 0.25) is 0 Å². The van der Waals surface area contributed by atoms with E-state index in [1.165, 1.54) is 18.2 Å². The van der Waals surface area contributed by atoms with Gasteiger partial charge in [-0.1, -0.05) is 11.8 Å². The number of amides is 1. The lowest BCUT2D eigenvalue weighted by atomic mass is 10.2. The standard InChI is InChI=1S/C13H17N5OS2/c1-9-7-20-13(15-9)21-8-12(19)14-6-11-17-16-10-4-2-3-5-18(10)11/h7H,2-6,8H2,1H3,(H,14,19). The number of nitrogens with one attached hydrogen (secondary N) is 1. The molecule has 6 nitrogen and oxygen atoms in total. The van der Waals surface area contributed by atoms with Crippen molar-refractivity contribution in [2.24, 2.45) is 0 Å². The maximum Gasteiger partial charge on any atom is 0.230 e. The van der Waals surface area contributed by atoms with Crippen molar-refractivity contribution in [3.63, 3.8) is 0 Å². The number of nitrogens with zero attached hydrogens (tertiary/aromatic N) is 4. The smallest absolute Gasteiger partial charge is 0.230 e. The van der Waals surface area contributed by atoms with Crippen molar-refractivity contribution in [3.8, 4) is 0 Å². The Morgan fingerprint density at radius 3 is 3.19 bits per heavy atom. The number of carbonyl (C=O) groups is 1. The minimum atomic E-state index is 0.000938. The van der Waals surface area contributed by atoms with Crippen molar-refractivity contribution in [2.45, 2.75) is 43.6 Å². The summed E-state index contributed by atoms with van der Waals surface area (Å²) >= 11 is 3.04. The van der Waals surface area contributed by atoms with Crippen LogP contribution in [0.3, 0.4) is 0 Å². The molecule has 0 atom stereocenters. The second-order valence-electron chi connectivity index (χ2n) is 4.96. The van der Waals surface area contributed by atoms with E-state index in [-0.39, 0.29) is 5.91 Å². The van der Waals surface area contributed by atoms with E-state index in [4.69, 9.17) is 0 Å². The molecule has 1 N–H and O–H groups in total. The summed E-state index contributed by atoms with van der Waals surface area (Å²) in [7, 11) is 0. The summed E-state index contributed by atoms with van der Waals surface area (Å²) in [6, 6.07) is 0. The van der Waals surface area contributed by atoms with E-state index in [1.807, 2.05) is 12.3 Å². The molecule has 2 aromatic rings. The Hall–Kier alpha value is -1.41. The van der Waals surface area contributed by atoms with Crippen molar-refractivity contribution in [3.05, 3.63) is 22.7 Å². The van der Waals surface area contributed by atoms with Gasteiger partial charge in [0.25, 0.3) is 0 Å². The van der Waals surface area contributed by atoms with E-state index in [9.17, 15) is 4.79 Å². The SMILES string of the molecule is Cc1csc(SCC(=O)NCc2nnc3n2CCCC3)n1. The minimum Gasteiger partial charge on any atom is -0.348 e. The van der Waals surface area contributed by atoms with Crippen LogP contribution in [0.4, 0.5) is 0 Å². The van der Waals surface area contributed by atoms with Gasteiger partial charge in [-0.05, 0) is 19.8 Å². The molecule has 0 aliphatic carbocycles. The first-order valence-corrected chi connectivity index (χ1v) is 8.81. The van der Waals surface area contributed by atoms with Gasteiger partial charge in [-0.2, -0.15) is 0 Å². The predicted molar refractivity (Wildman–Crippen MR) is 82.4 cm³/mol. The van der Waals surface area contributed by atoms with Crippen molar-refractivity contribution in [2.75, 3.05) is 5.75 Å². The number of hydrogen-bond acceptors (Lipinski definition) is 6. The average Bonchev–Trinajstić information content (AvgIpc) is 3.09. The Kier molecular flexibility index (Phi) is 4.54. The van der Waals surface area contributed by atoms with Crippen molar-refractivity contribution >= 4 is 29.0 Å². The fraction of sp³-hybridized carbons (Fsp3) is 0.538. The third kappa shape index (κ3) is 3.62. The largest absolute Gasteiger partial charge is 0.348 e. The molecular weight excluding hydrogens is 306 g/mol. The maximum absolute atomic E-state index is 11.9. The zero-order valence-electron chi connectivity index (χ0n) is 11.8. The van der Waals surface area contributed by atoms with Crippen LogP contribution in [-0.4, -0.2) is 31.4 Å². The molecule has 0 saturated carbocycles. The second-order valence-corrected chi connectivity index (χ2v) is 7.04. The fourth-order valence-corrected chi connectivity index (χ4v) is 3.93. The lowest BCUT2D eigenvalue weighted by Gasteiger charge is -2.14. The Balaban J connectivity index is 1.48. The highest BCUT2D eigenvalue weighted by Gasteiger charge is 2.16. The van der Waals surface area contributed by atoms with Crippen LogP contribution in [0.15, 0.2) is 9.72 Å². The third-order valence-corrected chi connectivity index (χ3v) is 5.44. The Morgan fingerprint density at radius 1 is 1.48 bits per heavy atom. The van der Waals surface area contributed by atoms with Gasteiger partial charge in [-0.25, -0.2) is 4.98 Å². The summed E-state index contributed by atoms with van der Waals surface area (Å²) in [6.45, 7) is 3.36. The molecule has 0 unspecified atom stereocenters. The molecular formula is C13H17N5OS2. The molecule has 1 aliphatic rings. The molecule has 1 aliphatic heterocycles. The molecule has 0 bridgehead atoms. The molecule has 1 amide bonds. The summed E-state index contributed by atoms with van der Waals surface area (Å²) in [5.41, 5.74) is 0.998.